The molecule has 0 spiro atoms. The average molecular weight is 380 g/mol. The highest BCUT2D eigenvalue weighted by Crippen LogP contribution is 2.53. The number of imide groups is 1. The van der Waals surface area contributed by atoms with E-state index in [0.717, 1.165) is 12.0 Å². The molecule has 2 amide bonds. The van der Waals surface area contributed by atoms with E-state index in [1.807, 2.05) is 24.3 Å². The first-order valence-corrected chi connectivity index (χ1v) is 9.53. The Bertz CT molecular complexity index is 905. The van der Waals surface area contributed by atoms with Crippen molar-refractivity contribution in [2.24, 2.45) is 23.7 Å². The molecule has 2 aliphatic carbocycles. The maximum Gasteiger partial charge on any atom is 0.238 e. The second-order valence-electron chi connectivity index (χ2n) is 7.42. The molecule has 4 unspecified atom stereocenters. The summed E-state index contributed by atoms with van der Waals surface area (Å²) in [6, 6.07) is 14.6. The number of rotatable bonds is 4. The molecule has 0 N–H and O–H groups in total. The van der Waals surface area contributed by atoms with E-state index in [4.69, 9.17) is 16.3 Å². The van der Waals surface area contributed by atoms with Gasteiger partial charge < -0.3 is 4.74 Å². The van der Waals surface area contributed by atoms with Crippen LogP contribution in [-0.2, 0) is 16.2 Å². The number of nitrogens with zero attached hydrogens (tertiary/aromatic N) is 1. The normalized spacial score (nSPS) is 28.1. The third-order valence-electron chi connectivity index (χ3n) is 5.88. The van der Waals surface area contributed by atoms with Crippen LogP contribution in [0, 0.1) is 23.7 Å². The molecule has 5 heteroatoms. The Kier molecular flexibility index (Phi) is 3.83. The maximum atomic E-state index is 12.8. The van der Waals surface area contributed by atoms with Crippen LogP contribution in [-0.4, -0.2) is 11.8 Å². The van der Waals surface area contributed by atoms with E-state index in [2.05, 4.69) is 12.2 Å². The molecule has 3 aliphatic rings. The summed E-state index contributed by atoms with van der Waals surface area (Å²) in [5, 5.41) is 0.691. The van der Waals surface area contributed by atoms with Gasteiger partial charge in [0.1, 0.15) is 12.4 Å². The van der Waals surface area contributed by atoms with Gasteiger partial charge >= 0.3 is 0 Å². The van der Waals surface area contributed by atoms with Crippen molar-refractivity contribution in [3.63, 3.8) is 0 Å². The van der Waals surface area contributed by atoms with E-state index < -0.39 is 0 Å². The summed E-state index contributed by atoms with van der Waals surface area (Å²) in [5.74, 6) is 0.677. The van der Waals surface area contributed by atoms with Crippen molar-refractivity contribution in [2.75, 3.05) is 4.90 Å². The monoisotopic (exact) mass is 379 g/mol. The van der Waals surface area contributed by atoms with Gasteiger partial charge in [-0.15, -0.1) is 0 Å². The molecule has 0 radical (unpaired) electrons. The van der Waals surface area contributed by atoms with E-state index in [9.17, 15) is 9.59 Å². The van der Waals surface area contributed by atoms with Crippen molar-refractivity contribution in [1.82, 2.24) is 0 Å². The molecule has 4 nitrogen and oxygen atoms in total. The number of amides is 2. The van der Waals surface area contributed by atoms with Gasteiger partial charge in [0.05, 0.1) is 17.5 Å². The zero-order chi connectivity index (χ0) is 18.5. The molecule has 5 rings (SSSR count). The van der Waals surface area contributed by atoms with Gasteiger partial charge in [-0.25, -0.2) is 0 Å². The number of allylic oxidation sites excluding steroid dienone is 2. The smallest absolute Gasteiger partial charge is 0.238 e. The minimum Gasteiger partial charge on any atom is -0.489 e. The van der Waals surface area contributed by atoms with Crippen LogP contribution in [0.25, 0.3) is 0 Å². The molecule has 2 aromatic rings. The zero-order valence-electron chi connectivity index (χ0n) is 14.5. The number of fused-ring (bicyclic) bond motifs is 5. The van der Waals surface area contributed by atoms with Gasteiger partial charge in [0.15, 0.2) is 0 Å². The van der Waals surface area contributed by atoms with Crippen LogP contribution in [0.3, 0.4) is 0 Å². The quantitative estimate of drug-likeness (QED) is 0.590. The van der Waals surface area contributed by atoms with Crippen molar-refractivity contribution in [2.45, 2.75) is 13.0 Å². The predicted molar refractivity (Wildman–Crippen MR) is 102 cm³/mol. The summed E-state index contributed by atoms with van der Waals surface area (Å²) in [6.07, 6.45) is 5.15. The molecular weight excluding hydrogens is 362 g/mol. The molecule has 2 aromatic carbocycles. The standard InChI is InChI=1S/C22H18ClNO3/c23-16-5-1-13(2-6-16)12-27-18-9-7-17(8-10-18)24-21(25)19-14-3-4-15(11-14)20(19)22(24)26/h1-10,14-15,19-20H,11-12H2. The van der Waals surface area contributed by atoms with Crippen molar-refractivity contribution >= 4 is 29.1 Å². The minimum absolute atomic E-state index is 0.0586. The van der Waals surface area contributed by atoms with Gasteiger partial charge in [-0.1, -0.05) is 35.9 Å². The molecule has 2 fully saturated rings. The number of hydrogen-bond acceptors (Lipinski definition) is 3. The summed E-state index contributed by atoms with van der Waals surface area (Å²) < 4.78 is 5.78. The summed E-state index contributed by atoms with van der Waals surface area (Å²) in [5.41, 5.74) is 1.64. The van der Waals surface area contributed by atoms with Crippen LogP contribution >= 0.6 is 11.6 Å². The fourth-order valence-electron chi connectivity index (χ4n) is 4.60. The van der Waals surface area contributed by atoms with Crippen LogP contribution in [0.2, 0.25) is 5.02 Å². The van der Waals surface area contributed by atoms with E-state index in [1.165, 1.54) is 4.90 Å². The number of benzene rings is 2. The zero-order valence-corrected chi connectivity index (χ0v) is 15.3. The summed E-state index contributed by atoms with van der Waals surface area (Å²) >= 11 is 5.88. The second kappa shape index (κ2) is 6.24. The Morgan fingerprint density at radius 3 is 2.07 bits per heavy atom. The van der Waals surface area contributed by atoms with E-state index in [0.29, 0.717) is 23.1 Å². The molecule has 2 bridgehead atoms. The number of anilines is 1. The number of carbonyl (C=O) groups is 2. The largest absolute Gasteiger partial charge is 0.489 e. The molecule has 4 atom stereocenters. The van der Waals surface area contributed by atoms with Gasteiger partial charge in [-0.2, -0.15) is 0 Å². The summed E-state index contributed by atoms with van der Waals surface area (Å²) in [7, 11) is 0. The molecule has 1 saturated carbocycles. The Labute approximate surface area is 162 Å². The van der Waals surface area contributed by atoms with Crippen LogP contribution in [0.4, 0.5) is 5.69 Å². The minimum atomic E-state index is -0.173. The number of ether oxygens (including phenoxy) is 1. The SMILES string of the molecule is O=C1C2C3C=CC(C3)C2C(=O)N1c1ccc(OCc2ccc(Cl)cc2)cc1. The van der Waals surface area contributed by atoms with Crippen LogP contribution in [0.15, 0.2) is 60.7 Å². The number of carbonyl (C=O) groups excluding carboxylic acids is 2. The molecule has 136 valence electrons. The highest BCUT2D eigenvalue weighted by molar-refractivity contribution is 6.30. The second-order valence-corrected chi connectivity index (χ2v) is 7.86. The Hall–Kier alpha value is -2.59. The number of hydrogen-bond donors (Lipinski definition) is 0. The maximum absolute atomic E-state index is 12.8. The molecule has 1 aliphatic heterocycles. The van der Waals surface area contributed by atoms with Crippen molar-refractivity contribution in [3.8, 4) is 5.75 Å². The van der Waals surface area contributed by atoms with E-state index >= 15 is 0 Å². The highest BCUT2D eigenvalue weighted by atomic mass is 35.5. The van der Waals surface area contributed by atoms with Crippen LogP contribution < -0.4 is 9.64 Å². The predicted octanol–water partition coefficient (Wildman–Crippen LogP) is 4.23. The van der Waals surface area contributed by atoms with Crippen LogP contribution in [0.5, 0.6) is 5.75 Å². The Balaban J connectivity index is 1.30. The van der Waals surface area contributed by atoms with Crippen molar-refractivity contribution in [3.05, 3.63) is 71.3 Å². The Morgan fingerprint density at radius 2 is 1.48 bits per heavy atom. The molecule has 1 saturated heterocycles. The highest BCUT2D eigenvalue weighted by Gasteiger charge is 2.59. The fraction of sp³-hybridized carbons (Fsp3) is 0.273. The van der Waals surface area contributed by atoms with Gasteiger partial charge in [-0.3, -0.25) is 14.5 Å². The average Bonchev–Trinajstić information content (AvgIpc) is 3.36. The van der Waals surface area contributed by atoms with Gasteiger partial charge in [0, 0.05) is 5.02 Å². The van der Waals surface area contributed by atoms with E-state index in [1.54, 1.807) is 24.3 Å². The summed E-state index contributed by atoms with van der Waals surface area (Å²) in [6.45, 7) is 0.428. The van der Waals surface area contributed by atoms with Gasteiger partial charge in [0.2, 0.25) is 11.8 Å². The third kappa shape index (κ3) is 2.67. The molecular formula is C22H18ClNO3. The molecule has 1 heterocycles. The van der Waals surface area contributed by atoms with Crippen LogP contribution in [0.1, 0.15) is 12.0 Å². The lowest BCUT2D eigenvalue weighted by Gasteiger charge is -2.17. The molecule has 0 aromatic heterocycles. The van der Waals surface area contributed by atoms with E-state index in [-0.39, 0.29) is 35.5 Å². The first-order chi connectivity index (χ1) is 13.1. The first-order valence-electron chi connectivity index (χ1n) is 9.15. The fourth-order valence-corrected chi connectivity index (χ4v) is 4.72. The Morgan fingerprint density at radius 1 is 0.889 bits per heavy atom. The lowest BCUT2D eigenvalue weighted by molar-refractivity contribution is -0.123. The van der Waals surface area contributed by atoms with Gasteiger partial charge in [0.25, 0.3) is 0 Å². The lowest BCUT2D eigenvalue weighted by Crippen LogP contribution is -2.32. The first kappa shape index (κ1) is 16.6. The lowest BCUT2D eigenvalue weighted by atomic mass is 9.85. The van der Waals surface area contributed by atoms with Crippen molar-refractivity contribution < 1.29 is 14.3 Å². The number of halogens is 1. The van der Waals surface area contributed by atoms with Gasteiger partial charge in [-0.05, 0) is 60.2 Å². The third-order valence-corrected chi connectivity index (χ3v) is 6.14. The van der Waals surface area contributed by atoms with Crippen molar-refractivity contribution in [1.29, 1.82) is 0 Å². The topological polar surface area (TPSA) is 46.6 Å². The molecule has 27 heavy (non-hydrogen) atoms. The summed E-state index contributed by atoms with van der Waals surface area (Å²) in [4.78, 5) is 27.0.